The molecule has 1 aromatic rings. The first-order valence-electron chi connectivity index (χ1n) is 6.37. The standard InChI is InChI=1S/C14H17BrN2O4/c1-8(7-13(19)20)6-12(18)17-14(21)16-11-5-3-4-10(15)9(11)2/h3-5,8H,6-7H2,1-2H3,(H,19,20)(H2,16,17,18,21). The highest BCUT2D eigenvalue weighted by Gasteiger charge is 2.15. The molecule has 0 saturated carbocycles. The van der Waals surface area contributed by atoms with Gasteiger partial charge in [0.05, 0.1) is 0 Å². The summed E-state index contributed by atoms with van der Waals surface area (Å²) in [6.07, 6.45) is -0.128. The molecule has 0 aliphatic carbocycles. The van der Waals surface area contributed by atoms with E-state index in [4.69, 9.17) is 5.11 Å². The number of aliphatic carboxylic acids is 1. The van der Waals surface area contributed by atoms with Crippen LogP contribution in [0.1, 0.15) is 25.3 Å². The first kappa shape index (κ1) is 17.2. The quantitative estimate of drug-likeness (QED) is 0.755. The summed E-state index contributed by atoms with van der Waals surface area (Å²) in [5, 5.41) is 13.4. The van der Waals surface area contributed by atoms with Crippen molar-refractivity contribution in [2.45, 2.75) is 26.7 Å². The number of amides is 3. The number of rotatable bonds is 5. The molecule has 0 aliphatic rings. The van der Waals surface area contributed by atoms with E-state index in [0.29, 0.717) is 5.69 Å². The molecule has 0 heterocycles. The number of nitrogens with one attached hydrogen (secondary N) is 2. The van der Waals surface area contributed by atoms with E-state index in [-0.39, 0.29) is 18.8 Å². The highest BCUT2D eigenvalue weighted by Crippen LogP contribution is 2.23. The molecule has 3 N–H and O–H groups in total. The highest BCUT2D eigenvalue weighted by molar-refractivity contribution is 9.10. The molecule has 1 unspecified atom stereocenters. The van der Waals surface area contributed by atoms with E-state index >= 15 is 0 Å². The fraction of sp³-hybridized carbons (Fsp3) is 0.357. The van der Waals surface area contributed by atoms with Crippen LogP contribution in [-0.2, 0) is 9.59 Å². The van der Waals surface area contributed by atoms with Crippen LogP contribution in [0.15, 0.2) is 22.7 Å². The maximum absolute atomic E-state index is 11.7. The number of carboxylic acid groups (broad SMARTS) is 1. The van der Waals surface area contributed by atoms with Crippen LogP contribution in [0, 0.1) is 12.8 Å². The smallest absolute Gasteiger partial charge is 0.325 e. The van der Waals surface area contributed by atoms with E-state index in [0.717, 1.165) is 10.0 Å². The molecule has 0 saturated heterocycles. The molecule has 1 rings (SSSR count). The van der Waals surface area contributed by atoms with Crippen molar-refractivity contribution in [3.63, 3.8) is 0 Å². The molecule has 0 radical (unpaired) electrons. The summed E-state index contributed by atoms with van der Waals surface area (Å²) >= 11 is 3.35. The third-order valence-electron chi connectivity index (χ3n) is 2.83. The molecule has 0 fully saturated rings. The van der Waals surface area contributed by atoms with E-state index in [9.17, 15) is 14.4 Å². The average molecular weight is 357 g/mol. The normalized spacial score (nSPS) is 11.6. The first-order valence-corrected chi connectivity index (χ1v) is 7.16. The zero-order valence-corrected chi connectivity index (χ0v) is 13.4. The molecule has 1 atom stereocenters. The van der Waals surface area contributed by atoms with Gasteiger partial charge >= 0.3 is 12.0 Å². The molecule has 114 valence electrons. The Hall–Kier alpha value is -1.89. The van der Waals surface area contributed by atoms with E-state index in [1.54, 1.807) is 19.1 Å². The number of carbonyl (C=O) groups excluding carboxylic acids is 2. The van der Waals surface area contributed by atoms with Gasteiger partial charge in [-0.05, 0) is 30.5 Å². The molecular formula is C14H17BrN2O4. The number of halogens is 1. The summed E-state index contributed by atoms with van der Waals surface area (Å²) in [7, 11) is 0. The van der Waals surface area contributed by atoms with Gasteiger partial charge in [-0.3, -0.25) is 14.9 Å². The number of benzene rings is 1. The van der Waals surface area contributed by atoms with E-state index < -0.39 is 17.9 Å². The first-order chi connectivity index (χ1) is 9.79. The van der Waals surface area contributed by atoms with Gasteiger partial charge in [-0.2, -0.15) is 0 Å². The summed E-state index contributed by atoms with van der Waals surface area (Å²) < 4.78 is 0.849. The van der Waals surface area contributed by atoms with Crippen LogP contribution in [0.3, 0.4) is 0 Å². The van der Waals surface area contributed by atoms with Crippen molar-refractivity contribution >= 4 is 39.5 Å². The van der Waals surface area contributed by atoms with Crippen LogP contribution in [-0.4, -0.2) is 23.0 Å². The molecule has 7 heteroatoms. The number of hydrogen-bond acceptors (Lipinski definition) is 3. The largest absolute Gasteiger partial charge is 0.481 e. The molecule has 21 heavy (non-hydrogen) atoms. The molecule has 3 amide bonds. The number of carbonyl (C=O) groups is 3. The van der Waals surface area contributed by atoms with Crippen molar-refractivity contribution in [1.82, 2.24) is 5.32 Å². The lowest BCUT2D eigenvalue weighted by atomic mass is 10.0. The van der Waals surface area contributed by atoms with Gasteiger partial charge in [-0.1, -0.05) is 28.9 Å². The zero-order valence-electron chi connectivity index (χ0n) is 11.8. The maximum Gasteiger partial charge on any atom is 0.325 e. The van der Waals surface area contributed by atoms with Crippen molar-refractivity contribution < 1.29 is 19.5 Å². The number of carboxylic acids is 1. The van der Waals surface area contributed by atoms with Gasteiger partial charge < -0.3 is 10.4 Å². The second-order valence-corrected chi connectivity index (χ2v) is 5.68. The van der Waals surface area contributed by atoms with Crippen molar-refractivity contribution in [3.8, 4) is 0 Å². The van der Waals surface area contributed by atoms with Crippen molar-refractivity contribution in [2.75, 3.05) is 5.32 Å². The van der Waals surface area contributed by atoms with Crippen molar-refractivity contribution in [3.05, 3.63) is 28.2 Å². The second kappa shape index (κ2) is 7.78. The Morgan fingerprint density at radius 3 is 2.57 bits per heavy atom. The fourth-order valence-electron chi connectivity index (χ4n) is 1.76. The third-order valence-corrected chi connectivity index (χ3v) is 3.68. The van der Waals surface area contributed by atoms with Crippen LogP contribution in [0.5, 0.6) is 0 Å². The van der Waals surface area contributed by atoms with Gasteiger partial charge in [0.1, 0.15) is 0 Å². The summed E-state index contributed by atoms with van der Waals surface area (Å²) in [6.45, 7) is 3.47. The highest BCUT2D eigenvalue weighted by atomic mass is 79.9. The summed E-state index contributed by atoms with van der Waals surface area (Å²) in [5.74, 6) is -1.80. The Labute approximate surface area is 131 Å². The number of hydrogen-bond donors (Lipinski definition) is 3. The molecule has 0 aliphatic heterocycles. The predicted octanol–water partition coefficient (Wildman–Crippen LogP) is 2.91. The lowest BCUT2D eigenvalue weighted by Crippen LogP contribution is -2.35. The molecule has 6 nitrogen and oxygen atoms in total. The summed E-state index contributed by atoms with van der Waals surface area (Å²) in [4.78, 5) is 33.8. The van der Waals surface area contributed by atoms with Crippen LogP contribution in [0.4, 0.5) is 10.5 Å². The monoisotopic (exact) mass is 356 g/mol. The molecule has 0 aromatic heterocycles. The van der Waals surface area contributed by atoms with Crippen LogP contribution >= 0.6 is 15.9 Å². The van der Waals surface area contributed by atoms with Crippen LogP contribution < -0.4 is 10.6 Å². The molecule has 1 aromatic carbocycles. The van der Waals surface area contributed by atoms with Gasteiger partial charge in [-0.15, -0.1) is 0 Å². The fourth-order valence-corrected chi connectivity index (χ4v) is 2.13. The lowest BCUT2D eigenvalue weighted by Gasteiger charge is -2.11. The summed E-state index contributed by atoms with van der Waals surface area (Å²) in [5.41, 5.74) is 1.44. The minimum absolute atomic E-state index is 0.0167. The van der Waals surface area contributed by atoms with Crippen molar-refractivity contribution in [2.24, 2.45) is 5.92 Å². The van der Waals surface area contributed by atoms with Crippen molar-refractivity contribution in [1.29, 1.82) is 0 Å². The minimum atomic E-state index is -0.968. The third kappa shape index (κ3) is 5.95. The summed E-state index contributed by atoms with van der Waals surface area (Å²) in [6, 6.07) is 4.70. The average Bonchev–Trinajstić information content (AvgIpc) is 2.33. The minimum Gasteiger partial charge on any atom is -0.481 e. The maximum atomic E-state index is 11.7. The SMILES string of the molecule is Cc1c(Br)cccc1NC(=O)NC(=O)CC(C)CC(=O)O. The Balaban J connectivity index is 2.52. The topological polar surface area (TPSA) is 95.5 Å². The van der Waals surface area contributed by atoms with Crippen LogP contribution in [0.2, 0.25) is 0 Å². The van der Waals surface area contributed by atoms with E-state index in [2.05, 4.69) is 26.6 Å². The van der Waals surface area contributed by atoms with Crippen LogP contribution in [0.25, 0.3) is 0 Å². The van der Waals surface area contributed by atoms with Gasteiger partial charge in [-0.25, -0.2) is 4.79 Å². The van der Waals surface area contributed by atoms with Gasteiger partial charge in [0.15, 0.2) is 0 Å². The Morgan fingerprint density at radius 1 is 1.29 bits per heavy atom. The lowest BCUT2D eigenvalue weighted by molar-refractivity contribution is -0.138. The van der Waals surface area contributed by atoms with Gasteiger partial charge in [0.25, 0.3) is 0 Å². The number of urea groups is 1. The van der Waals surface area contributed by atoms with Gasteiger partial charge in [0, 0.05) is 23.0 Å². The Morgan fingerprint density at radius 2 is 1.95 bits per heavy atom. The van der Waals surface area contributed by atoms with E-state index in [1.807, 2.05) is 13.0 Å². The molecule has 0 bridgehead atoms. The number of imide groups is 1. The Kier molecular flexibility index (Phi) is 6.36. The second-order valence-electron chi connectivity index (χ2n) is 4.82. The molecule has 0 spiro atoms. The number of anilines is 1. The zero-order chi connectivity index (χ0) is 16.0. The Bertz CT molecular complexity index is 560. The molecular weight excluding hydrogens is 340 g/mol. The predicted molar refractivity (Wildman–Crippen MR) is 82.1 cm³/mol. The van der Waals surface area contributed by atoms with Gasteiger partial charge in [0.2, 0.25) is 5.91 Å². The van der Waals surface area contributed by atoms with E-state index in [1.165, 1.54) is 0 Å².